The first-order valence-electron chi connectivity index (χ1n) is 8.50. The molecule has 27 heavy (non-hydrogen) atoms. The minimum absolute atomic E-state index is 0.0779. The molecule has 3 heterocycles. The fourth-order valence-electron chi connectivity index (χ4n) is 3.34. The molecule has 10 heteroatoms. The van der Waals surface area contributed by atoms with Crippen LogP contribution in [0, 0.1) is 18.6 Å². The third-order valence-corrected chi connectivity index (χ3v) is 4.71. The number of rotatable bonds is 2. The Morgan fingerprint density at radius 1 is 1.26 bits per heavy atom. The van der Waals surface area contributed by atoms with Gasteiger partial charge in [-0.15, -0.1) is 5.10 Å². The van der Waals surface area contributed by atoms with Crippen LogP contribution >= 0.6 is 0 Å². The number of piperidine rings is 1. The second-order valence-corrected chi connectivity index (χ2v) is 6.51. The van der Waals surface area contributed by atoms with Crippen LogP contribution < -0.4 is 5.56 Å². The van der Waals surface area contributed by atoms with Crippen molar-refractivity contribution in [3.8, 4) is 0 Å². The number of aromatic amines is 1. The Bertz CT molecular complexity index is 1080. The van der Waals surface area contributed by atoms with Crippen LogP contribution in [0.4, 0.5) is 8.78 Å². The van der Waals surface area contributed by atoms with Gasteiger partial charge in [-0.05, 0) is 31.9 Å². The van der Waals surface area contributed by atoms with Gasteiger partial charge in [-0.2, -0.15) is 0 Å². The molecule has 4 rings (SSSR count). The van der Waals surface area contributed by atoms with Crippen molar-refractivity contribution in [3.05, 3.63) is 51.6 Å². The zero-order valence-corrected chi connectivity index (χ0v) is 14.4. The lowest BCUT2D eigenvalue weighted by Crippen LogP contribution is -2.39. The maximum atomic E-state index is 13.9. The molecule has 1 amide bonds. The molecule has 0 saturated carbocycles. The van der Waals surface area contributed by atoms with Crippen LogP contribution in [-0.2, 0) is 0 Å². The molecule has 2 aromatic heterocycles. The minimum Gasteiger partial charge on any atom is -0.338 e. The van der Waals surface area contributed by atoms with E-state index in [1.54, 1.807) is 11.6 Å². The third kappa shape index (κ3) is 3.07. The van der Waals surface area contributed by atoms with Crippen LogP contribution in [0.15, 0.2) is 23.0 Å². The Morgan fingerprint density at radius 2 is 2.00 bits per heavy atom. The first-order valence-corrected chi connectivity index (χ1v) is 8.50. The lowest BCUT2D eigenvalue weighted by Gasteiger charge is -2.32. The Labute approximate surface area is 151 Å². The lowest BCUT2D eigenvalue weighted by atomic mass is 10.0. The molecule has 0 spiro atoms. The molecule has 8 nitrogen and oxygen atoms in total. The summed E-state index contributed by atoms with van der Waals surface area (Å²) in [6, 6.07) is 2.84. The fraction of sp³-hybridized carbons (Fsp3) is 0.353. The van der Waals surface area contributed by atoms with Gasteiger partial charge >= 0.3 is 0 Å². The summed E-state index contributed by atoms with van der Waals surface area (Å²) in [5.41, 5.74) is 0.0890. The van der Waals surface area contributed by atoms with Crippen molar-refractivity contribution in [2.75, 3.05) is 13.1 Å². The van der Waals surface area contributed by atoms with Crippen molar-refractivity contribution in [2.24, 2.45) is 0 Å². The van der Waals surface area contributed by atoms with E-state index in [1.165, 1.54) is 4.90 Å². The summed E-state index contributed by atoms with van der Waals surface area (Å²) in [6.45, 7) is 2.43. The molecule has 1 aliphatic heterocycles. The third-order valence-electron chi connectivity index (χ3n) is 4.71. The summed E-state index contributed by atoms with van der Waals surface area (Å²) < 4.78 is 28.5. The number of aromatic nitrogens is 5. The van der Waals surface area contributed by atoms with Crippen LogP contribution in [0.25, 0.3) is 11.2 Å². The van der Waals surface area contributed by atoms with E-state index in [0.29, 0.717) is 43.5 Å². The molecule has 1 saturated heterocycles. The van der Waals surface area contributed by atoms with E-state index in [1.807, 2.05) is 0 Å². The number of nitrogens with zero attached hydrogens (tertiary/aromatic N) is 5. The van der Waals surface area contributed by atoms with Gasteiger partial charge in [-0.25, -0.2) is 18.4 Å². The number of carbonyl (C=O) groups is 1. The number of nitrogens with one attached hydrogen (secondary N) is 1. The molecule has 0 atom stereocenters. The van der Waals surface area contributed by atoms with Gasteiger partial charge in [0, 0.05) is 19.2 Å². The molecule has 1 N–H and O–H groups in total. The molecule has 0 aliphatic carbocycles. The number of H-pyrrole nitrogens is 1. The van der Waals surface area contributed by atoms with Crippen molar-refractivity contribution >= 4 is 17.1 Å². The maximum Gasteiger partial charge on any atom is 0.281 e. The van der Waals surface area contributed by atoms with E-state index in [2.05, 4.69) is 20.3 Å². The molecule has 0 unspecified atom stereocenters. The van der Waals surface area contributed by atoms with Gasteiger partial charge in [0.1, 0.15) is 17.5 Å². The average molecular weight is 374 g/mol. The quantitative estimate of drug-likeness (QED) is 0.735. The normalized spacial score (nSPS) is 15.4. The van der Waals surface area contributed by atoms with Crippen molar-refractivity contribution in [3.63, 3.8) is 0 Å². The summed E-state index contributed by atoms with van der Waals surface area (Å²) in [7, 11) is 0. The highest BCUT2D eigenvalue weighted by atomic mass is 19.1. The molecular weight excluding hydrogens is 358 g/mol. The van der Waals surface area contributed by atoms with Crippen LogP contribution in [-0.4, -0.2) is 48.9 Å². The monoisotopic (exact) mass is 374 g/mol. The number of fused-ring (bicyclic) bond motifs is 1. The van der Waals surface area contributed by atoms with Gasteiger partial charge in [0.25, 0.3) is 11.5 Å². The topological polar surface area (TPSA) is 96.8 Å². The summed E-state index contributed by atoms with van der Waals surface area (Å²) in [5, 5.41) is 7.95. The number of halogens is 2. The zero-order chi connectivity index (χ0) is 19.1. The Hall–Kier alpha value is -3.17. The predicted octanol–water partition coefficient (Wildman–Crippen LogP) is 1.58. The Morgan fingerprint density at radius 3 is 2.70 bits per heavy atom. The highest BCUT2D eigenvalue weighted by Crippen LogP contribution is 2.25. The SMILES string of the molecule is Cc1nc2c(nnn2C2CCN(C(=O)c3ccc(F)cc3F)CC2)c(=O)[nH]1. The summed E-state index contributed by atoms with van der Waals surface area (Å²) in [5.74, 6) is -1.60. The summed E-state index contributed by atoms with van der Waals surface area (Å²) >= 11 is 0. The lowest BCUT2D eigenvalue weighted by molar-refractivity contribution is 0.0686. The standard InChI is InChI=1S/C17H16F2N6O2/c1-9-20-15-14(16(26)21-9)22-23-25(15)11-4-6-24(7-5-11)17(27)12-3-2-10(18)8-13(12)19/h2-3,8,11H,4-7H2,1H3,(H,20,21,26). The minimum atomic E-state index is -0.872. The van der Waals surface area contributed by atoms with Gasteiger partial charge in [-0.3, -0.25) is 9.59 Å². The second-order valence-electron chi connectivity index (χ2n) is 6.51. The molecule has 1 aliphatic rings. The molecular formula is C17H16F2N6O2. The average Bonchev–Trinajstić information content (AvgIpc) is 3.05. The predicted molar refractivity (Wildman–Crippen MR) is 91.2 cm³/mol. The molecule has 140 valence electrons. The first kappa shape index (κ1) is 17.3. The number of amides is 1. The summed E-state index contributed by atoms with van der Waals surface area (Å²) in [6.07, 6.45) is 1.11. The fourth-order valence-corrected chi connectivity index (χ4v) is 3.34. The Kier molecular flexibility index (Phi) is 4.17. The van der Waals surface area contributed by atoms with Gasteiger partial charge in [-0.1, -0.05) is 5.21 Å². The number of hydrogen-bond donors (Lipinski definition) is 1. The highest BCUT2D eigenvalue weighted by molar-refractivity contribution is 5.94. The van der Waals surface area contributed by atoms with E-state index in [4.69, 9.17) is 0 Å². The maximum absolute atomic E-state index is 13.9. The molecule has 1 aromatic carbocycles. The smallest absolute Gasteiger partial charge is 0.281 e. The van der Waals surface area contributed by atoms with E-state index < -0.39 is 17.5 Å². The van der Waals surface area contributed by atoms with Gasteiger partial charge in [0.05, 0.1) is 11.6 Å². The van der Waals surface area contributed by atoms with Crippen LogP contribution in [0.1, 0.15) is 35.1 Å². The zero-order valence-electron chi connectivity index (χ0n) is 14.4. The Balaban J connectivity index is 1.52. The highest BCUT2D eigenvalue weighted by Gasteiger charge is 2.28. The number of carbonyl (C=O) groups excluding carboxylic acids is 1. The van der Waals surface area contributed by atoms with Crippen molar-refractivity contribution < 1.29 is 13.6 Å². The molecule has 0 bridgehead atoms. The van der Waals surface area contributed by atoms with E-state index in [-0.39, 0.29) is 22.7 Å². The van der Waals surface area contributed by atoms with E-state index in [9.17, 15) is 18.4 Å². The number of likely N-dealkylation sites (tertiary alicyclic amines) is 1. The van der Waals surface area contributed by atoms with Gasteiger partial charge in [0.15, 0.2) is 11.2 Å². The van der Waals surface area contributed by atoms with E-state index in [0.717, 1.165) is 12.1 Å². The van der Waals surface area contributed by atoms with Crippen LogP contribution in [0.3, 0.4) is 0 Å². The molecule has 1 fully saturated rings. The second kappa shape index (κ2) is 6.53. The number of aryl methyl sites for hydroxylation is 1. The summed E-state index contributed by atoms with van der Waals surface area (Å²) in [4.78, 5) is 32.8. The van der Waals surface area contributed by atoms with Gasteiger partial charge in [0.2, 0.25) is 0 Å². The van der Waals surface area contributed by atoms with Crippen molar-refractivity contribution in [1.29, 1.82) is 0 Å². The number of hydrogen-bond acceptors (Lipinski definition) is 5. The molecule has 0 radical (unpaired) electrons. The van der Waals surface area contributed by atoms with E-state index >= 15 is 0 Å². The van der Waals surface area contributed by atoms with Crippen LogP contribution in [0.2, 0.25) is 0 Å². The van der Waals surface area contributed by atoms with Gasteiger partial charge < -0.3 is 9.88 Å². The first-order chi connectivity index (χ1) is 12.9. The van der Waals surface area contributed by atoms with Crippen LogP contribution in [0.5, 0.6) is 0 Å². The van der Waals surface area contributed by atoms with Crippen molar-refractivity contribution in [1.82, 2.24) is 29.9 Å². The molecule has 3 aromatic rings. The largest absolute Gasteiger partial charge is 0.338 e. The van der Waals surface area contributed by atoms with Crippen molar-refractivity contribution in [2.45, 2.75) is 25.8 Å². The number of benzene rings is 1.